The lowest BCUT2D eigenvalue weighted by atomic mass is 9.98. The molecule has 0 aromatic heterocycles. The number of nitrogens with one attached hydrogen (secondary N) is 1. The van der Waals surface area contributed by atoms with Crippen molar-refractivity contribution in [1.29, 1.82) is 0 Å². The molecular weight excluding hydrogens is 344 g/mol. The van der Waals surface area contributed by atoms with E-state index in [1.54, 1.807) is 0 Å². The number of hydrogen-bond acceptors (Lipinski definition) is 4. The summed E-state index contributed by atoms with van der Waals surface area (Å²) in [4.78, 5) is 22.4. The summed E-state index contributed by atoms with van der Waals surface area (Å²) in [5.41, 5.74) is 2.65. The standard InChI is InChI=1S/C18H19ClN2O4/c1-11(2)14-6-4-5-12(3)18(14)20-17(22)10-25-16-8-7-13(21(23)24)9-15(16)19/h4-9,11H,10H2,1-3H3,(H,20,22). The molecule has 6 nitrogen and oxygen atoms in total. The van der Waals surface area contributed by atoms with E-state index in [2.05, 4.69) is 19.2 Å². The van der Waals surface area contributed by atoms with Crippen LogP contribution in [0.3, 0.4) is 0 Å². The number of ether oxygens (including phenoxy) is 1. The summed E-state index contributed by atoms with van der Waals surface area (Å²) in [6, 6.07) is 9.69. The van der Waals surface area contributed by atoms with E-state index in [0.29, 0.717) is 0 Å². The van der Waals surface area contributed by atoms with Gasteiger partial charge in [0, 0.05) is 17.8 Å². The van der Waals surface area contributed by atoms with Gasteiger partial charge in [-0.1, -0.05) is 43.6 Å². The fraction of sp³-hybridized carbons (Fsp3) is 0.278. The molecular formula is C18H19ClN2O4. The minimum Gasteiger partial charge on any atom is -0.482 e. The number of nitrogens with zero attached hydrogens (tertiary/aromatic N) is 1. The molecule has 7 heteroatoms. The Morgan fingerprint density at radius 3 is 2.64 bits per heavy atom. The Hall–Kier alpha value is -2.60. The van der Waals surface area contributed by atoms with Crippen LogP contribution in [0.2, 0.25) is 5.02 Å². The van der Waals surface area contributed by atoms with Gasteiger partial charge >= 0.3 is 0 Å². The van der Waals surface area contributed by atoms with Crippen LogP contribution in [-0.4, -0.2) is 17.4 Å². The van der Waals surface area contributed by atoms with Crippen molar-refractivity contribution in [3.05, 3.63) is 62.7 Å². The lowest BCUT2D eigenvalue weighted by Gasteiger charge is -2.16. The molecule has 132 valence electrons. The molecule has 0 saturated heterocycles. The third-order valence-corrected chi connectivity index (χ3v) is 3.97. The van der Waals surface area contributed by atoms with Crippen LogP contribution in [0.4, 0.5) is 11.4 Å². The number of amides is 1. The van der Waals surface area contributed by atoms with Crippen LogP contribution in [-0.2, 0) is 4.79 Å². The van der Waals surface area contributed by atoms with Crippen molar-refractivity contribution in [3.63, 3.8) is 0 Å². The van der Waals surface area contributed by atoms with E-state index in [-0.39, 0.29) is 34.9 Å². The van der Waals surface area contributed by atoms with Crippen molar-refractivity contribution in [2.75, 3.05) is 11.9 Å². The van der Waals surface area contributed by atoms with Crippen LogP contribution in [0.15, 0.2) is 36.4 Å². The van der Waals surface area contributed by atoms with Gasteiger partial charge in [-0.25, -0.2) is 0 Å². The molecule has 0 heterocycles. The van der Waals surface area contributed by atoms with E-state index in [1.807, 2.05) is 25.1 Å². The van der Waals surface area contributed by atoms with E-state index in [9.17, 15) is 14.9 Å². The number of nitro groups is 1. The lowest BCUT2D eigenvalue weighted by Crippen LogP contribution is -2.21. The van der Waals surface area contributed by atoms with Crippen molar-refractivity contribution in [1.82, 2.24) is 0 Å². The minimum absolute atomic E-state index is 0.0840. The second-order valence-corrected chi connectivity index (χ2v) is 6.31. The molecule has 2 rings (SSSR count). The Labute approximate surface area is 150 Å². The van der Waals surface area contributed by atoms with Crippen LogP contribution < -0.4 is 10.1 Å². The van der Waals surface area contributed by atoms with E-state index in [0.717, 1.165) is 16.8 Å². The zero-order chi connectivity index (χ0) is 18.6. The van der Waals surface area contributed by atoms with Gasteiger partial charge in [-0.3, -0.25) is 14.9 Å². The number of rotatable bonds is 6. The number of aryl methyl sites for hydroxylation is 1. The third kappa shape index (κ3) is 4.70. The van der Waals surface area contributed by atoms with Crippen molar-refractivity contribution < 1.29 is 14.5 Å². The minimum atomic E-state index is -0.548. The smallest absolute Gasteiger partial charge is 0.271 e. The van der Waals surface area contributed by atoms with E-state index >= 15 is 0 Å². The first-order chi connectivity index (χ1) is 11.8. The molecule has 0 radical (unpaired) electrons. The van der Waals surface area contributed by atoms with Gasteiger partial charge in [0.05, 0.1) is 9.95 Å². The summed E-state index contributed by atoms with van der Waals surface area (Å²) in [5, 5.41) is 13.6. The predicted octanol–water partition coefficient (Wildman–Crippen LogP) is 4.70. The Morgan fingerprint density at radius 1 is 1.32 bits per heavy atom. The summed E-state index contributed by atoms with van der Waals surface area (Å²) in [5.74, 6) is 0.155. The molecule has 0 fully saturated rings. The largest absolute Gasteiger partial charge is 0.482 e. The molecule has 25 heavy (non-hydrogen) atoms. The quantitative estimate of drug-likeness (QED) is 0.596. The Bertz CT molecular complexity index is 806. The summed E-state index contributed by atoms with van der Waals surface area (Å²) < 4.78 is 5.38. The predicted molar refractivity (Wildman–Crippen MR) is 97.5 cm³/mol. The van der Waals surface area contributed by atoms with Gasteiger partial charge in [0.2, 0.25) is 0 Å². The van der Waals surface area contributed by atoms with Crippen molar-refractivity contribution in [2.24, 2.45) is 0 Å². The zero-order valence-corrected chi connectivity index (χ0v) is 15.0. The monoisotopic (exact) mass is 362 g/mol. The molecule has 2 aromatic carbocycles. The fourth-order valence-electron chi connectivity index (χ4n) is 2.38. The zero-order valence-electron chi connectivity index (χ0n) is 14.2. The maximum atomic E-state index is 12.2. The van der Waals surface area contributed by atoms with Crippen molar-refractivity contribution >= 4 is 28.9 Å². The summed E-state index contributed by atoms with van der Waals surface area (Å²) in [6.45, 7) is 5.79. The molecule has 0 bridgehead atoms. The van der Waals surface area contributed by atoms with Gasteiger partial charge in [-0.05, 0) is 30.0 Å². The molecule has 0 aliphatic carbocycles. The van der Waals surface area contributed by atoms with Crippen LogP contribution in [0.1, 0.15) is 30.9 Å². The summed E-state index contributed by atoms with van der Waals surface area (Å²) in [7, 11) is 0. The molecule has 0 spiro atoms. The molecule has 1 N–H and O–H groups in total. The normalized spacial score (nSPS) is 10.6. The van der Waals surface area contributed by atoms with Gasteiger partial charge < -0.3 is 10.1 Å². The van der Waals surface area contributed by atoms with E-state index < -0.39 is 4.92 Å². The van der Waals surface area contributed by atoms with Crippen LogP contribution in [0.5, 0.6) is 5.75 Å². The highest BCUT2D eigenvalue weighted by atomic mass is 35.5. The molecule has 0 unspecified atom stereocenters. The van der Waals surface area contributed by atoms with E-state index in [4.69, 9.17) is 16.3 Å². The average molecular weight is 363 g/mol. The van der Waals surface area contributed by atoms with E-state index in [1.165, 1.54) is 18.2 Å². The topological polar surface area (TPSA) is 81.5 Å². The maximum absolute atomic E-state index is 12.2. The SMILES string of the molecule is Cc1cccc(C(C)C)c1NC(=O)COc1ccc([N+](=O)[O-])cc1Cl. The second-order valence-electron chi connectivity index (χ2n) is 5.90. The number of carbonyl (C=O) groups is 1. The van der Waals surface area contributed by atoms with Crippen LogP contribution in [0, 0.1) is 17.0 Å². The lowest BCUT2D eigenvalue weighted by molar-refractivity contribution is -0.384. The third-order valence-electron chi connectivity index (χ3n) is 3.68. The number of para-hydroxylation sites is 1. The number of non-ortho nitro benzene ring substituents is 1. The van der Waals surface area contributed by atoms with Gasteiger partial charge in [0.15, 0.2) is 6.61 Å². The molecule has 0 atom stereocenters. The summed E-state index contributed by atoms with van der Waals surface area (Å²) in [6.07, 6.45) is 0. The van der Waals surface area contributed by atoms with Gasteiger partial charge in [0.1, 0.15) is 5.75 Å². The van der Waals surface area contributed by atoms with Gasteiger partial charge in [-0.15, -0.1) is 0 Å². The number of benzene rings is 2. The Kier molecular flexibility index (Phi) is 5.98. The Morgan fingerprint density at radius 2 is 2.04 bits per heavy atom. The molecule has 2 aromatic rings. The van der Waals surface area contributed by atoms with Crippen molar-refractivity contribution in [3.8, 4) is 5.75 Å². The van der Waals surface area contributed by atoms with Gasteiger partial charge in [-0.2, -0.15) is 0 Å². The number of halogens is 1. The first-order valence-electron chi connectivity index (χ1n) is 7.75. The highest BCUT2D eigenvalue weighted by Gasteiger charge is 2.14. The molecule has 0 aliphatic heterocycles. The average Bonchev–Trinajstić information content (AvgIpc) is 2.55. The molecule has 1 amide bonds. The highest BCUT2D eigenvalue weighted by Crippen LogP contribution is 2.29. The Balaban J connectivity index is 2.06. The first-order valence-corrected chi connectivity index (χ1v) is 8.13. The number of hydrogen-bond donors (Lipinski definition) is 1. The number of nitro benzene ring substituents is 1. The summed E-state index contributed by atoms with van der Waals surface area (Å²) >= 11 is 5.95. The highest BCUT2D eigenvalue weighted by molar-refractivity contribution is 6.32. The molecule has 0 aliphatic rings. The van der Waals surface area contributed by atoms with Crippen LogP contribution >= 0.6 is 11.6 Å². The maximum Gasteiger partial charge on any atom is 0.271 e. The molecule has 0 saturated carbocycles. The first kappa shape index (κ1) is 18.7. The van der Waals surface area contributed by atoms with Crippen LogP contribution in [0.25, 0.3) is 0 Å². The fourth-order valence-corrected chi connectivity index (χ4v) is 2.61. The van der Waals surface area contributed by atoms with Crippen molar-refractivity contribution in [2.45, 2.75) is 26.7 Å². The number of anilines is 1. The van der Waals surface area contributed by atoms with Gasteiger partial charge in [0.25, 0.3) is 11.6 Å². The number of carbonyl (C=O) groups excluding carboxylic acids is 1. The second kappa shape index (κ2) is 7.98.